The molecule has 0 aliphatic carbocycles. The van der Waals surface area contributed by atoms with Crippen molar-refractivity contribution in [3.8, 4) is 0 Å². The highest BCUT2D eigenvalue weighted by molar-refractivity contribution is 7.08. The molecule has 3 aromatic rings. The van der Waals surface area contributed by atoms with E-state index < -0.39 is 0 Å². The van der Waals surface area contributed by atoms with E-state index in [9.17, 15) is 4.79 Å². The third-order valence-corrected chi connectivity index (χ3v) is 3.79. The van der Waals surface area contributed by atoms with Crippen LogP contribution in [0.15, 0.2) is 53.2 Å². The predicted molar refractivity (Wildman–Crippen MR) is 84.8 cm³/mol. The third kappa shape index (κ3) is 3.20. The first-order chi connectivity index (χ1) is 10.2. The van der Waals surface area contributed by atoms with Crippen LogP contribution in [0.5, 0.6) is 0 Å². The molecule has 1 amide bonds. The molecule has 0 aliphatic heterocycles. The van der Waals surface area contributed by atoms with Crippen LogP contribution in [0, 0.1) is 6.92 Å². The van der Waals surface area contributed by atoms with Crippen molar-refractivity contribution < 1.29 is 4.79 Å². The minimum atomic E-state index is -0.106. The lowest BCUT2D eigenvalue weighted by Crippen LogP contribution is -2.15. The zero-order valence-electron chi connectivity index (χ0n) is 11.6. The summed E-state index contributed by atoms with van der Waals surface area (Å²) in [6, 6.07) is 13.8. The monoisotopic (exact) mass is 297 g/mol. The molecule has 0 atom stereocenters. The summed E-state index contributed by atoms with van der Waals surface area (Å²) in [5, 5.41) is 11.1. The number of hydrogen-bond donors (Lipinski definition) is 1. The summed E-state index contributed by atoms with van der Waals surface area (Å²) in [4.78, 5) is 12.1. The van der Waals surface area contributed by atoms with Gasteiger partial charge in [-0.3, -0.25) is 4.79 Å². The molecule has 0 spiro atoms. The van der Waals surface area contributed by atoms with Gasteiger partial charge in [0.05, 0.1) is 17.8 Å². The first-order valence-electron chi connectivity index (χ1n) is 6.64. The van der Waals surface area contributed by atoms with Gasteiger partial charge < -0.3 is 5.32 Å². The highest BCUT2D eigenvalue weighted by Gasteiger charge is 2.11. The molecule has 0 radical (unpaired) electrons. The fourth-order valence-corrected chi connectivity index (χ4v) is 2.74. The van der Waals surface area contributed by atoms with E-state index in [0.717, 1.165) is 11.3 Å². The molecule has 1 N–H and O–H groups in total. The van der Waals surface area contributed by atoms with Gasteiger partial charge in [0.15, 0.2) is 0 Å². The maximum absolute atomic E-state index is 12.1. The van der Waals surface area contributed by atoms with Gasteiger partial charge in [-0.2, -0.15) is 16.4 Å². The number of hydrogen-bond acceptors (Lipinski definition) is 3. The van der Waals surface area contributed by atoms with Crippen LogP contribution in [0.2, 0.25) is 0 Å². The van der Waals surface area contributed by atoms with Crippen molar-refractivity contribution in [2.75, 3.05) is 5.32 Å². The molecule has 0 saturated carbocycles. The van der Waals surface area contributed by atoms with Crippen molar-refractivity contribution in [2.24, 2.45) is 0 Å². The highest BCUT2D eigenvalue weighted by atomic mass is 32.1. The molecule has 0 unspecified atom stereocenters. The number of benzene rings is 1. The molecular formula is C16H15N3OS. The summed E-state index contributed by atoms with van der Waals surface area (Å²) in [5.74, 6) is 0.609. The number of carbonyl (C=O) groups excluding carboxylic acids is 1. The molecule has 2 aromatic heterocycles. The summed E-state index contributed by atoms with van der Waals surface area (Å²) >= 11 is 1.51. The molecule has 0 saturated heterocycles. The quantitative estimate of drug-likeness (QED) is 0.800. The lowest BCUT2D eigenvalue weighted by Gasteiger charge is -2.08. The SMILES string of the molecule is Cc1cc(NC(=O)c2ccsc2)n(Cc2ccccc2)n1. The number of anilines is 1. The minimum Gasteiger partial charge on any atom is -0.307 e. The van der Waals surface area contributed by atoms with Crippen LogP contribution in [0.4, 0.5) is 5.82 Å². The number of nitrogens with zero attached hydrogens (tertiary/aromatic N) is 2. The molecule has 106 valence electrons. The number of carbonyl (C=O) groups is 1. The number of rotatable bonds is 4. The van der Waals surface area contributed by atoms with Crippen LogP contribution in [-0.2, 0) is 6.54 Å². The molecule has 4 nitrogen and oxygen atoms in total. The number of nitrogens with one attached hydrogen (secondary N) is 1. The molecule has 3 rings (SSSR count). The number of amides is 1. The summed E-state index contributed by atoms with van der Waals surface area (Å²) in [6.07, 6.45) is 0. The molecule has 0 bridgehead atoms. The Morgan fingerprint density at radius 1 is 1.29 bits per heavy atom. The summed E-state index contributed by atoms with van der Waals surface area (Å²) in [6.45, 7) is 2.55. The minimum absolute atomic E-state index is 0.106. The first-order valence-corrected chi connectivity index (χ1v) is 7.58. The van der Waals surface area contributed by atoms with Gasteiger partial charge in [0.1, 0.15) is 5.82 Å². The van der Waals surface area contributed by atoms with Crippen LogP contribution in [0.25, 0.3) is 0 Å². The molecule has 2 heterocycles. The number of thiophene rings is 1. The van der Waals surface area contributed by atoms with E-state index in [1.165, 1.54) is 11.3 Å². The van der Waals surface area contributed by atoms with E-state index in [-0.39, 0.29) is 5.91 Å². The van der Waals surface area contributed by atoms with E-state index in [1.807, 2.05) is 64.8 Å². The van der Waals surface area contributed by atoms with Crippen molar-refractivity contribution in [1.29, 1.82) is 0 Å². The zero-order chi connectivity index (χ0) is 14.7. The van der Waals surface area contributed by atoms with Crippen molar-refractivity contribution in [3.63, 3.8) is 0 Å². The molecule has 5 heteroatoms. The Morgan fingerprint density at radius 2 is 2.10 bits per heavy atom. The van der Waals surface area contributed by atoms with Crippen molar-refractivity contribution in [3.05, 3.63) is 70.0 Å². The van der Waals surface area contributed by atoms with Gasteiger partial charge in [-0.15, -0.1) is 0 Å². The smallest absolute Gasteiger partial charge is 0.257 e. The first kappa shape index (κ1) is 13.6. The molecular weight excluding hydrogens is 282 g/mol. The van der Waals surface area contributed by atoms with E-state index in [2.05, 4.69) is 10.4 Å². The largest absolute Gasteiger partial charge is 0.307 e. The Hall–Kier alpha value is -2.40. The lowest BCUT2D eigenvalue weighted by atomic mass is 10.2. The van der Waals surface area contributed by atoms with Crippen molar-refractivity contribution >= 4 is 23.1 Å². The number of aromatic nitrogens is 2. The van der Waals surface area contributed by atoms with E-state index >= 15 is 0 Å². The van der Waals surface area contributed by atoms with Crippen LogP contribution < -0.4 is 5.32 Å². The fraction of sp³-hybridized carbons (Fsp3) is 0.125. The van der Waals surface area contributed by atoms with Gasteiger partial charge in [-0.1, -0.05) is 30.3 Å². The second-order valence-corrected chi connectivity index (χ2v) is 5.56. The normalized spacial score (nSPS) is 10.5. The van der Waals surface area contributed by atoms with Gasteiger partial charge in [0, 0.05) is 11.4 Å². The molecule has 21 heavy (non-hydrogen) atoms. The second-order valence-electron chi connectivity index (χ2n) is 4.78. The van der Waals surface area contributed by atoms with E-state index in [0.29, 0.717) is 17.9 Å². The zero-order valence-corrected chi connectivity index (χ0v) is 12.4. The third-order valence-electron chi connectivity index (χ3n) is 3.10. The predicted octanol–water partition coefficient (Wildman–Crippen LogP) is 3.55. The van der Waals surface area contributed by atoms with Crippen LogP contribution >= 0.6 is 11.3 Å². The average molecular weight is 297 g/mol. The Bertz CT molecular complexity index is 732. The van der Waals surface area contributed by atoms with Gasteiger partial charge >= 0.3 is 0 Å². The van der Waals surface area contributed by atoms with Gasteiger partial charge in [-0.05, 0) is 23.9 Å². The van der Waals surface area contributed by atoms with Crippen LogP contribution in [0.1, 0.15) is 21.6 Å². The van der Waals surface area contributed by atoms with Crippen molar-refractivity contribution in [1.82, 2.24) is 9.78 Å². The molecule has 0 aliphatic rings. The average Bonchev–Trinajstić information content (AvgIpc) is 3.11. The van der Waals surface area contributed by atoms with Crippen molar-refractivity contribution in [2.45, 2.75) is 13.5 Å². The van der Waals surface area contributed by atoms with Gasteiger partial charge in [0.25, 0.3) is 5.91 Å². The Morgan fingerprint density at radius 3 is 2.81 bits per heavy atom. The summed E-state index contributed by atoms with van der Waals surface area (Å²) in [5.41, 5.74) is 2.70. The van der Waals surface area contributed by atoms with E-state index in [4.69, 9.17) is 0 Å². The standard InChI is InChI=1S/C16H15N3OS/c1-12-9-15(17-16(20)14-7-8-21-11-14)19(18-12)10-13-5-3-2-4-6-13/h2-9,11H,10H2,1H3,(H,17,20). The molecule has 0 fully saturated rings. The van der Waals surface area contributed by atoms with Gasteiger partial charge in [-0.25, -0.2) is 4.68 Å². The maximum Gasteiger partial charge on any atom is 0.257 e. The molecule has 1 aromatic carbocycles. The Balaban J connectivity index is 1.81. The Labute approximate surface area is 127 Å². The van der Waals surface area contributed by atoms with Crippen LogP contribution in [-0.4, -0.2) is 15.7 Å². The van der Waals surface area contributed by atoms with Gasteiger partial charge in [0.2, 0.25) is 0 Å². The maximum atomic E-state index is 12.1. The van der Waals surface area contributed by atoms with Crippen LogP contribution in [0.3, 0.4) is 0 Å². The lowest BCUT2D eigenvalue weighted by molar-refractivity contribution is 0.102. The summed E-state index contributed by atoms with van der Waals surface area (Å²) in [7, 11) is 0. The second kappa shape index (κ2) is 5.93. The Kier molecular flexibility index (Phi) is 3.83. The fourth-order valence-electron chi connectivity index (χ4n) is 2.11. The topological polar surface area (TPSA) is 46.9 Å². The summed E-state index contributed by atoms with van der Waals surface area (Å²) < 4.78 is 1.81. The highest BCUT2D eigenvalue weighted by Crippen LogP contribution is 2.15. The number of aryl methyl sites for hydroxylation is 1. The van der Waals surface area contributed by atoms with E-state index in [1.54, 1.807) is 0 Å².